The first-order chi connectivity index (χ1) is 17.0. The number of anilines is 2. The van der Waals surface area contributed by atoms with Gasteiger partial charge in [-0.25, -0.2) is 9.97 Å². The molecule has 0 saturated heterocycles. The van der Waals surface area contributed by atoms with Crippen LogP contribution in [0.2, 0.25) is 0 Å². The number of ether oxygens (including phenoxy) is 1. The summed E-state index contributed by atoms with van der Waals surface area (Å²) in [5.74, 6) is 0.666. The lowest BCUT2D eigenvalue weighted by Crippen LogP contribution is -2.43. The maximum Gasteiger partial charge on any atom is 0.418 e. The van der Waals surface area contributed by atoms with E-state index in [1.54, 1.807) is 29.3 Å². The van der Waals surface area contributed by atoms with Gasteiger partial charge in [-0.2, -0.15) is 26.3 Å². The van der Waals surface area contributed by atoms with Crippen molar-refractivity contribution in [3.8, 4) is 17.1 Å². The molecule has 5 rings (SSSR count). The second-order valence-electron chi connectivity index (χ2n) is 8.37. The van der Waals surface area contributed by atoms with Crippen LogP contribution in [0.25, 0.3) is 22.4 Å². The molecule has 1 aliphatic heterocycles. The maximum atomic E-state index is 13.6. The molecule has 0 saturated carbocycles. The minimum atomic E-state index is -5.05. The van der Waals surface area contributed by atoms with Gasteiger partial charge in [0.05, 0.1) is 40.5 Å². The summed E-state index contributed by atoms with van der Waals surface area (Å²) in [7, 11) is 0. The molecular weight excluding hydrogens is 490 g/mol. The van der Waals surface area contributed by atoms with Gasteiger partial charge in [0, 0.05) is 6.20 Å². The number of para-hydroxylation sites is 1. The zero-order chi connectivity index (χ0) is 25.8. The van der Waals surface area contributed by atoms with E-state index in [-0.39, 0.29) is 36.4 Å². The summed E-state index contributed by atoms with van der Waals surface area (Å²) in [4.78, 5) is 12.8. The van der Waals surface area contributed by atoms with Crippen molar-refractivity contribution in [3.63, 3.8) is 0 Å². The van der Waals surface area contributed by atoms with E-state index < -0.39 is 40.6 Å². The second-order valence-corrected chi connectivity index (χ2v) is 8.37. The molecule has 0 aliphatic carbocycles. The van der Waals surface area contributed by atoms with Crippen LogP contribution in [-0.2, 0) is 12.4 Å². The first-order valence-corrected chi connectivity index (χ1v) is 10.7. The van der Waals surface area contributed by atoms with E-state index in [1.165, 1.54) is 6.07 Å². The average molecular weight is 508 g/mol. The lowest BCUT2D eigenvalue weighted by molar-refractivity contribution is -0.142. The zero-order valence-electron chi connectivity index (χ0n) is 18.6. The summed E-state index contributed by atoms with van der Waals surface area (Å²) < 4.78 is 86.6. The molecule has 0 radical (unpaired) electrons. The van der Waals surface area contributed by atoms with Crippen LogP contribution in [-0.4, -0.2) is 39.3 Å². The van der Waals surface area contributed by atoms with E-state index in [9.17, 15) is 31.4 Å². The molecule has 1 atom stereocenters. The number of nitrogens with one attached hydrogen (secondary N) is 1. The highest BCUT2D eigenvalue weighted by Crippen LogP contribution is 2.45. The summed E-state index contributed by atoms with van der Waals surface area (Å²) in [5.41, 5.74) is -2.34. The Balaban J connectivity index is 1.68. The minimum absolute atomic E-state index is 0.0301. The number of aliphatic hydroxyl groups is 1. The topological polar surface area (TPSA) is 74.3 Å². The van der Waals surface area contributed by atoms with Gasteiger partial charge in [0.1, 0.15) is 23.8 Å². The number of aliphatic hydroxyl groups excluding tert-OH is 1. The number of H-pyrrole nitrogens is 1. The Bertz CT molecular complexity index is 1430. The number of rotatable bonds is 3. The first-order valence-electron chi connectivity index (χ1n) is 10.7. The van der Waals surface area contributed by atoms with Gasteiger partial charge >= 0.3 is 12.4 Å². The number of alkyl halides is 6. The third kappa shape index (κ3) is 4.11. The molecule has 0 bridgehead atoms. The van der Waals surface area contributed by atoms with Gasteiger partial charge in [0.15, 0.2) is 5.75 Å². The highest BCUT2D eigenvalue weighted by molar-refractivity contribution is 5.87. The molecule has 0 amide bonds. The Morgan fingerprint density at radius 3 is 2.50 bits per heavy atom. The van der Waals surface area contributed by atoms with Crippen LogP contribution >= 0.6 is 0 Å². The Morgan fingerprint density at radius 1 is 1.08 bits per heavy atom. The highest BCUT2D eigenvalue weighted by Gasteiger charge is 2.39. The summed E-state index contributed by atoms with van der Waals surface area (Å²) in [6.07, 6.45) is -8.38. The van der Waals surface area contributed by atoms with Crippen LogP contribution in [0.15, 0.2) is 48.7 Å². The van der Waals surface area contributed by atoms with Crippen molar-refractivity contribution in [3.05, 3.63) is 65.4 Å². The summed E-state index contributed by atoms with van der Waals surface area (Å²) in [6.45, 7) is 1.63. The molecule has 36 heavy (non-hydrogen) atoms. The van der Waals surface area contributed by atoms with E-state index in [0.29, 0.717) is 17.6 Å². The molecule has 1 unspecified atom stereocenters. The van der Waals surface area contributed by atoms with Gasteiger partial charge in [-0.15, -0.1) is 0 Å². The number of hydrogen-bond acceptors (Lipinski definition) is 5. The number of aryl methyl sites for hydroxylation is 1. The number of halogens is 6. The van der Waals surface area contributed by atoms with Crippen molar-refractivity contribution >= 4 is 22.5 Å². The standard InChI is InChI=1S/C24H18F6N4O2/c1-12-5-6-19(31-9-12)34-14(10-35)11-36-21-15(3-2-4-18(21)34)22-32-17-8-13(23(25,26)27)7-16(20(17)33-22)24(28,29)30/h2-9,14,35H,10-11H2,1H3,(H,32,33). The normalized spacial score (nSPS) is 16.2. The predicted molar refractivity (Wildman–Crippen MR) is 119 cm³/mol. The Labute approximate surface area is 200 Å². The number of imidazole rings is 1. The average Bonchev–Trinajstić information content (AvgIpc) is 3.25. The van der Waals surface area contributed by atoms with E-state index in [4.69, 9.17) is 4.74 Å². The number of pyridine rings is 1. The van der Waals surface area contributed by atoms with Crippen LogP contribution in [0.3, 0.4) is 0 Å². The Hall–Kier alpha value is -3.80. The van der Waals surface area contributed by atoms with Crippen molar-refractivity contribution in [1.82, 2.24) is 15.0 Å². The summed E-state index contributed by atoms with van der Waals surface area (Å²) in [5, 5.41) is 9.92. The molecule has 2 N–H and O–H groups in total. The van der Waals surface area contributed by atoms with Crippen molar-refractivity contribution in [2.45, 2.75) is 25.3 Å². The van der Waals surface area contributed by atoms with Gasteiger partial charge in [0.2, 0.25) is 0 Å². The van der Waals surface area contributed by atoms with Crippen molar-refractivity contribution < 1.29 is 36.2 Å². The lowest BCUT2D eigenvalue weighted by Gasteiger charge is -2.37. The Kier molecular flexibility index (Phi) is 5.58. The molecule has 2 aromatic heterocycles. The number of aromatic amines is 1. The Morgan fingerprint density at radius 2 is 1.86 bits per heavy atom. The maximum absolute atomic E-state index is 13.6. The molecule has 0 spiro atoms. The number of nitrogens with zero attached hydrogens (tertiary/aromatic N) is 3. The molecular formula is C24H18F6N4O2. The fourth-order valence-electron chi connectivity index (χ4n) is 4.18. The molecule has 12 heteroatoms. The van der Waals surface area contributed by atoms with E-state index in [1.807, 2.05) is 13.0 Å². The third-order valence-corrected chi connectivity index (χ3v) is 5.87. The van der Waals surface area contributed by atoms with Gasteiger partial charge in [-0.3, -0.25) is 0 Å². The van der Waals surface area contributed by atoms with E-state index in [0.717, 1.165) is 5.56 Å². The molecule has 2 aromatic carbocycles. The number of benzene rings is 2. The van der Waals surface area contributed by atoms with Crippen LogP contribution < -0.4 is 9.64 Å². The van der Waals surface area contributed by atoms with Crippen molar-refractivity contribution in [2.24, 2.45) is 0 Å². The fraction of sp³-hybridized carbons (Fsp3) is 0.250. The minimum Gasteiger partial charge on any atom is -0.488 e. The smallest absolute Gasteiger partial charge is 0.418 e. The van der Waals surface area contributed by atoms with Gasteiger partial charge in [-0.1, -0.05) is 12.1 Å². The monoisotopic (exact) mass is 508 g/mol. The van der Waals surface area contributed by atoms with Crippen LogP contribution in [0, 0.1) is 6.92 Å². The summed E-state index contributed by atoms with van der Waals surface area (Å²) in [6, 6.07) is 8.59. The van der Waals surface area contributed by atoms with E-state index in [2.05, 4.69) is 15.0 Å². The SMILES string of the molecule is Cc1ccc(N2c3cccc(-c4nc5c(C(F)(F)F)cc(C(F)(F)F)cc5[nH]4)c3OCC2CO)nc1. The van der Waals surface area contributed by atoms with Crippen molar-refractivity contribution in [1.29, 1.82) is 0 Å². The highest BCUT2D eigenvalue weighted by atomic mass is 19.4. The third-order valence-electron chi connectivity index (χ3n) is 5.87. The molecule has 4 aromatic rings. The predicted octanol–water partition coefficient (Wildman–Crippen LogP) is 5.86. The molecule has 188 valence electrons. The van der Waals surface area contributed by atoms with Crippen LogP contribution in [0.1, 0.15) is 16.7 Å². The van der Waals surface area contributed by atoms with Crippen LogP contribution in [0.5, 0.6) is 5.75 Å². The number of aromatic nitrogens is 3. The quantitative estimate of drug-likeness (QED) is 0.339. The van der Waals surface area contributed by atoms with Gasteiger partial charge in [0.25, 0.3) is 0 Å². The largest absolute Gasteiger partial charge is 0.488 e. The fourth-order valence-corrected chi connectivity index (χ4v) is 4.18. The molecule has 6 nitrogen and oxygen atoms in total. The van der Waals surface area contributed by atoms with Gasteiger partial charge < -0.3 is 19.7 Å². The zero-order valence-corrected chi connectivity index (χ0v) is 18.6. The van der Waals surface area contributed by atoms with Gasteiger partial charge in [-0.05, 0) is 42.8 Å². The number of hydrogen-bond donors (Lipinski definition) is 2. The van der Waals surface area contributed by atoms with Crippen LogP contribution in [0.4, 0.5) is 37.8 Å². The van der Waals surface area contributed by atoms with E-state index >= 15 is 0 Å². The lowest BCUT2D eigenvalue weighted by atomic mass is 10.1. The molecule has 3 heterocycles. The van der Waals surface area contributed by atoms with Crippen molar-refractivity contribution in [2.75, 3.05) is 18.1 Å². The molecule has 1 aliphatic rings. The second kappa shape index (κ2) is 8.40. The number of fused-ring (bicyclic) bond motifs is 2. The molecule has 0 fully saturated rings. The summed E-state index contributed by atoms with van der Waals surface area (Å²) >= 11 is 0. The first kappa shape index (κ1) is 23.9.